The van der Waals surface area contributed by atoms with E-state index in [1.54, 1.807) is 10.8 Å². The summed E-state index contributed by atoms with van der Waals surface area (Å²) < 4.78 is 15.0. The molecule has 4 rings (SSSR count). The lowest BCUT2D eigenvalue weighted by molar-refractivity contribution is 0.265. The van der Waals surface area contributed by atoms with Gasteiger partial charge >= 0.3 is 0 Å². The third-order valence-electron chi connectivity index (χ3n) is 4.39. The highest BCUT2D eigenvalue weighted by molar-refractivity contribution is 9.10. The summed E-state index contributed by atoms with van der Waals surface area (Å²) in [4.78, 5) is 22.2. The fourth-order valence-electron chi connectivity index (χ4n) is 3.08. The summed E-state index contributed by atoms with van der Waals surface area (Å²) in [5, 5.41) is 0. The van der Waals surface area contributed by atoms with Crippen LogP contribution < -0.4 is 24.4 Å². The molecular weight excluding hydrogens is 454 g/mol. The van der Waals surface area contributed by atoms with Crippen molar-refractivity contribution in [3.8, 4) is 11.5 Å². The van der Waals surface area contributed by atoms with Gasteiger partial charge in [0.1, 0.15) is 6.61 Å². The minimum atomic E-state index is 0.0120. The molecule has 0 unspecified atom stereocenters. The van der Waals surface area contributed by atoms with Gasteiger partial charge in [-0.05, 0) is 65.2 Å². The standard InChI is InChI=1S/C21H20BrN3O3S/c1-2-27-17-11-14(12-18-20(26)25-9-5-8-24-21(25)29-18)10-16(22)19(17)28-13-15-6-3-4-7-23-15/h3-4,6-7,10-12H,2,5,8-9,13H2,1H3/b18-12+. The third kappa shape index (κ3) is 4.43. The van der Waals surface area contributed by atoms with Gasteiger partial charge in [0, 0.05) is 19.3 Å². The number of hydrogen-bond donors (Lipinski definition) is 0. The molecule has 29 heavy (non-hydrogen) atoms. The van der Waals surface area contributed by atoms with E-state index < -0.39 is 0 Å². The molecule has 1 aromatic carbocycles. The van der Waals surface area contributed by atoms with Crippen LogP contribution in [0.15, 0.2) is 50.8 Å². The molecular formula is C21H20BrN3O3S. The van der Waals surface area contributed by atoms with Crippen LogP contribution in [0.3, 0.4) is 0 Å². The van der Waals surface area contributed by atoms with E-state index >= 15 is 0 Å². The number of hydrogen-bond acceptors (Lipinski definition) is 6. The number of aromatic nitrogens is 2. The van der Waals surface area contributed by atoms with Gasteiger partial charge in [0.25, 0.3) is 5.56 Å². The molecule has 1 aliphatic heterocycles. The third-order valence-corrected chi connectivity index (χ3v) is 6.03. The van der Waals surface area contributed by atoms with Gasteiger partial charge < -0.3 is 9.47 Å². The number of ether oxygens (including phenoxy) is 2. The van der Waals surface area contributed by atoms with Crippen LogP contribution in [0.2, 0.25) is 0 Å². The van der Waals surface area contributed by atoms with Crippen LogP contribution in [0.4, 0.5) is 0 Å². The first-order valence-corrected chi connectivity index (χ1v) is 11.0. The predicted molar refractivity (Wildman–Crippen MR) is 116 cm³/mol. The van der Waals surface area contributed by atoms with Crippen molar-refractivity contribution in [2.75, 3.05) is 13.2 Å². The zero-order chi connectivity index (χ0) is 20.2. The summed E-state index contributed by atoms with van der Waals surface area (Å²) in [5.74, 6) is 1.24. The molecule has 2 aromatic heterocycles. The van der Waals surface area contributed by atoms with Crippen molar-refractivity contribution in [2.24, 2.45) is 4.99 Å². The zero-order valence-corrected chi connectivity index (χ0v) is 18.3. The first-order chi connectivity index (χ1) is 14.2. The lowest BCUT2D eigenvalue weighted by Gasteiger charge is -2.14. The molecule has 0 bridgehead atoms. The van der Waals surface area contributed by atoms with Crippen molar-refractivity contribution in [1.82, 2.24) is 9.55 Å². The number of benzene rings is 1. The monoisotopic (exact) mass is 473 g/mol. The second-order valence-corrected chi connectivity index (χ2v) is 8.32. The van der Waals surface area contributed by atoms with Crippen molar-refractivity contribution < 1.29 is 9.47 Å². The zero-order valence-electron chi connectivity index (χ0n) is 15.9. The van der Waals surface area contributed by atoms with Gasteiger partial charge in [-0.2, -0.15) is 0 Å². The Bertz CT molecular complexity index is 1190. The minimum Gasteiger partial charge on any atom is -0.490 e. The molecule has 0 fully saturated rings. The minimum absolute atomic E-state index is 0.0120. The molecule has 3 heterocycles. The largest absolute Gasteiger partial charge is 0.490 e. The van der Waals surface area contributed by atoms with Crippen molar-refractivity contribution in [2.45, 2.75) is 26.5 Å². The molecule has 3 aromatic rings. The molecule has 0 spiro atoms. The Morgan fingerprint density at radius 1 is 1.31 bits per heavy atom. The van der Waals surface area contributed by atoms with Crippen molar-refractivity contribution >= 4 is 33.3 Å². The quantitative estimate of drug-likeness (QED) is 0.551. The van der Waals surface area contributed by atoms with Crippen LogP contribution in [-0.4, -0.2) is 22.7 Å². The van der Waals surface area contributed by atoms with Gasteiger partial charge in [0.05, 0.1) is 21.3 Å². The second-order valence-electron chi connectivity index (χ2n) is 6.46. The SMILES string of the molecule is CCOc1cc(/C=c2/sc3n(c2=O)CCCN=3)cc(Br)c1OCc1ccccn1. The summed E-state index contributed by atoms with van der Waals surface area (Å²) >= 11 is 5.01. The van der Waals surface area contributed by atoms with Gasteiger partial charge in [-0.15, -0.1) is 0 Å². The highest BCUT2D eigenvalue weighted by Gasteiger charge is 2.14. The van der Waals surface area contributed by atoms with Gasteiger partial charge in [0.15, 0.2) is 16.3 Å². The predicted octanol–water partition coefficient (Wildman–Crippen LogP) is 2.90. The number of nitrogens with zero attached hydrogens (tertiary/aromatic N) is 3. The highest BCUT2D eigenvalue weighted by Crippen LogP contribution is 2.37. The smallest absolute Gasteiger partial charge is 0.270 e. The Morgan fingerprint density at radius 3 is 2.97 bits per heavy atom. The number of fused-ring (bicyclic) bond motifs is 1. The van der Waals surface area contributed by atoms with Gasteiger partial charge in [0.2, 0.25) is 0 Å². The Morgan fingerprint density at radius 2 is 2.21 bits per heavy atom. The van der Waals surface area contributed by atoms with Crippen LogP contribution in [0.1, 0.15) is 24.6 Å². The number of thiazole rings is 1. The second kappa shape index (κ2) is 8.92. The summed E-state index contributed by atoms with van der Waals surface area (Å²) in [5.41, 5.74) is 1.71. The first-order valence-electron chi connectivity index (χ1n) is 9.40. The van der Waals surface area contributed by atoms with Crippen LogP contribution >= 0.6 is 27.3 Å². The number of pyridine rings is 1. The molecule has 0 saturated carbocycles. The number of rotatable bonds is 6. The maximum atomic E-state index is 12.6. The van der Waals surface area contributed by atoms with E-state index in [2.05, 4.69) is 25.9 Å². The van der Waals surface area contributed by atoms with Gasteiger partial charge in [-0.25, -0.2) is 0 Å². The van der Waals surface area contributed by atoms with Crippen LogP contribution in [0, 0.1) is 0 Å². The van der Waals surface area contributed by atoms with E-state index in [1.807, 2.05) is 43.3 Å². The molecule has 150 valence electrons. The number of halogens is 1. The van der Waals surface area contributed by atoms with Gasteiger partial charge in [-0.1, -0.05) is 17.4 Å². The van der Waals surface area contributed by atoms with Crippen molar-refractivity contribution in [3.05, 3.63) is 71.9 Å². The molecule has 8 heteroatoms. The van der Waals surface area contributed by atoms with E-state index in [1.165, 1.54) is 11.3 Å². The lowest BCUT2D eigenvalue weighted by Crippen LogP contribution is -2.33. The molecule has 0 aliphatic carbocycles. The maximum Gasteiger partial charge on any atom is 0.270 e. The molecule has 0 amide bonds. The fraction of sp³-hybridized carbons (Fsp3) is 0.286. The van der Waals surface area contributed by atoms with Crippen molar-refractivity contribution in [1.29, 1.82) is 0 Å². The van der Waals surface area contributed by atoms with E-state index in [-0.39, 0.29) is 5.56 Å². The molecule has 6 nitrogen and oxygen atoms in total. The summed E-state index contributed by atoms with van der Waals surface area (Å²) in [6.45, 7) is 4.28. The maximum absolute atomic E-state index is 12.6. The van der Waals surface area contributed by atoms with Crippen LogP contribution in [0.25, 0.3) is 6.08 Å². The molecule has 0 N–H and O–H groups in total. The van der Waals surface area contributed by atoms with E-state index in [0.29, 0.717) is 29.2 Å². The topological polar surface area (TPSA) is 65.7 Å². The lowest BCUT2D eigenvalue weighted by atomic mass is 10.2. The van der Waals surface area contributed by atoms with Crippen molar-refractivity contribution in [3.63, 3.8) is 0 Å². The summed E-state index contributed by atoms with van der Waals surface area (Å²) in [6, 6.07) is 9.52. The van der Waals surface area contributed by atoms with Crippen LogP contribution in [-0.2, 0) is 13.2 Å². The Hall–Kier alpha value is -2.45. The van der Waals surface area contributed by atoms with E-state index in [4.69, 9.17) is 9.47 Å². The average molecular weight is 474 g/mol. The van der Waals surface area contributed by atoms with Crippen LogP contribution in [0.5, 0.6) is 11.5 Å². The Balaban J connectivity index is 1.69. The molecule has 0 atom stereocenters. The average Bonchev–Trinajstić information content (AvgIpc) is 3.04. The van der Waals surface area contributed by atoms with E-state index in [0.717, 1.165) is 40.0 Å². The summed E-state index contributed by atoms with van der Waals surface area (Å²) in [6.07, 6.45) is 4.52. The first kappa shape index (κ1) is 19.8. The normalized spacial score (nSPS) is 13.7. The van der Waals surface area contributed by atoms with Gasteiger partial charge in [-0.3, -0.25) is 19.3 Å². The molecule has 1 aliphatic rings. The van der Waals surface area contributed by atoms with E-state index in [9.17, 15) is 4.79 Å². The Labute approximate surface area is 180 Å². The molecule has 0 radical (unpaired) electrons. The molecule has 0 saturated heterocycles. The Kier molecular flexibility index (Phi) is 6.10. The highest BCUT2D eigenvalue weighted by atomic mass is 79.9. The summed E-state index contributed by atoms with van der Waals surface area (Å²) in [7, 11) is 0. The fourth-order valence-corrected chi connectivity index (χ4v) is 4.69.